The summed E-state index contributed by atoms with van der Waals surface area (Å²) in [4.78, 5) is 9.45. The number of fused-ring (bicyclic) bond motifs is 3. The van der Waals surface area contributed by atoms with Gasteiger partial charge in [0.2, 0.25) is 0 Å². The van der Waals surface area contributed by atoms with E-state index in [2.05, 4.69) is 27.7 Å². The molecule has 160 valence electrons. The normalized spacial score (nSPS) is 12.1. The van der Waals surface area contributed by atoms with Gasteiger partial charge in [0.1, 0.15) is 11.3 Å². The van der Waals surface area contributed by atoms with E-state index in [1.807, 2.05) is 49.4 Å². The van der Waals surface area contributed by atoms with Gasteiger partial charge in [0, 0.05) is 23.9 Å². The number of oxime groups is 1. The van der Waals surface area contributed by atoms with Gasteiger partial charge in [0.15, 0.2) is 5.82 Å². The van der Waals surface area contributed by atoms with Crippen LogP contribution in [0.3, 0.4) is 0 Å². The first-order chi connectivity index (χ1) is 15.1. The maximum atomic E-state index is 9.63. The van der Waals surface area contributed by atoms with Crippen molar-refractivity contribution in [2.45, 2.75) is 52.5 Å². The van der Waals surface area contributed by atoms with E-state index in [1.54, 1.807) is 0 Å². The maximum absolute atomic E-state index is 9.63. The van der Waals surface area contributed by atoms with Gasteiger partial charge in [-0.15, -0.1) is 0 Å². The Labute approximate surface area is 182 Å². The number of hydrogen-bond acceptors (Lipinski definition) is 5. The highest BCUT2D eigenvalue weighted by atomic mass is 16.4. The molecule has 2 aromatic heterocycles. The van der Waals surface area contributed by atoms with E-state index in [4.69, 9.17) is 10.7 Å². The van der Waals surface area contributed by atoms with Crippen LogP contribution in [-0.4, -0.2) is 25.5 Å². The summed E-state index contributed by atoms with van der Waals surface area (Å²) in [6.07, 6.45) is 4.58. The lowest BCUT2D eigenvalue weighted by atomic mass is 10.0. The highest BCUT2D eigenvalue weighted by Crippen LogP contribution is 2.29. The van der Waals surface area contributed by atoms with Crippen LogP contribution in [0.1, 0.15) is 49.6 Å². The molecule has 0 atom stereocenters. The van der Waals surface area contributed by atoms with Gasteiger partial charge in [0.25, 0.3) is 0 Å². The zero-order valence-electron chi connectivity index (χ0n) is 18.2. The number of rotatable bonds is 8. The fourth-order valence-corrected chi connectivity index (χ4v) is 4.21. The van der Waals surface area contributed by atoms with Gasteiger partial charge in [-0.25, -0.2) is 9.97 Å². The number of para-hydroxylation sites is 1. The summed E-state index contributed by atoms with van der Waals surface area (Å²) in [5.74, 6) is 1.52. The number of nitrogen functional groups attached to an aromatic ring is 1. The second-order valence-electron chi connectivity index (χ2n) is 7.96. The topological polar surface area (TPSA) is 89.3 Å². The lowest BCUT2D eigenvalue weighted by Crippen LogP contribution is -2.09. The van der Waals surface area contributed by atoms with Crippen LogP contribution in [0.5, 0.6) is 0 Å². The minimum absolute atomic E-state index is 0.475. The van der Waals surface area contributed by atoms with Crippen LogP contribution < -0.4 is 5.73 Å². The number of anilines is 1. The molecule has 0 fully saturated rings. The third-order valence-corrected chi connectivity index (χ3v) is 5.82. The smallest absolute Gasteiger partial charge is 0.152 e. The van der Waals surface area contributed by atoms with Crippen molar-refractivity contribution in [1.29, 1.82) is 0 Å². The van der Waals surface area contributed by atoms with Crippen LogP contribution in [0.15, 0.2) is 53.7 Å². The number of pyridine rings is 1. The van der Waals surface area contributed by atoms with E-state index in [1.165, 1.54) is 0 Å². The van der Waals surface area contributed by atoms with E-state index in [0.29, 0.717) is 18.0 Å². The Morgan fingerprint density at radius 2 is 1.84 bits per heavy atom. The molecule has 0 radical (unpaired) electrons. The van der Waals surface area contributed by atoms with Crippen LogP contribution in [0, 0.1) is 6.92 Å². The third kappa shape index (κ3) is 4.10. The zero-order chi connectivity index (χ0) is 21.8. The molecule has 4 aromatic rings. The first kappa shape index (κ1) is 20.8. The summed E-state index contributed by atoms with van der Waals surface area (Å²) in [5, 5.41) is 14.3. The first-order valence-electron chi connectivity index (χ1n) is 10.9. The zero-order valence-corrected chi connectivity index (χ0v) is 18.2. The summed E-state index contributed by atoms with van der Waals surface area (Å²) in [6, 6.07) is 16.1. The predicted octanol–water partition coefficient (Wildman–Crippen LogP) is 5.48. The largest absolute Gasteiger partial charge is 0.411 e. The second-order valence-corrected chi connectivity index (χ2v) is 7.96. The Morgan fingerprint density at radius 1 is 1.06 bits per heavy atom. The molecule has 3 N–H and O–H groups in total. The van der Waals surface area contributed by atoms with E-state index >= 15 is 0 Å². The number of imidazole rings is 1. The first-order valence-corrected chi connectivity index (χ1v) is 10.9. The van der Waals surface area contributed by atoms with Crippen LogP contribution in [-0.2, 0) is 13.0 Å². The number of unbranched alkanes of at least 4 members (excludes halogenated alkanes) is 1. The lowest BCUT2D eigenvalue weighted by molar-refractivity contribution is 0.317. The lowest BCUT2D eigenvalue weighted by Gasteiger charge is -2.12. The second kappa shape index (κ2) is 9.16. The fourth-order valence-electron chi connectivity index (χ4n) is 4.21. The average Bonchev–Trinajstić information content (AvgIpc) is 3.15. The average molecular weight is 416 g/mol. The summed E-state index contributed by atoms with van der Waals surface area (Å²) in [5.41, 5.74) is 11.8. The molecule has 0 saturated heterocycles. The Kier molecular flexibility index (Phi) is 6.16. The van der Waals surface area contributed by atoms with Gasteiger partial charge in [-0.05, 0) is 37.8 Å². The van der Waals surface area contributed by atoms with Gasteiger partial charge < -0.3 is 15.5 Å². The number of hydrogen-bond donors (Lipinski definition) is 2. The van der Waals surface area contributed by atoms with Gasteiger partial charge in [-0.2, -0.15) is 0 Å². The molecule has 4 rings (SSSR count). The highest BCUT2D eigenvalue weighted by Gasteiger charge is 2.17. The molecular formula is C25H29N5O. The molecule has 2 heterocycles. The summed E-state index contributed by atoms with van der Waals surface area (Å²) in [7, 11) is 0. The standard InChI is InChI=1S/C25H29N5O/c1-3-4-15-22-28-23-24(19-12-7-8-13-20(19)27-25(23)26)30(22)16-9-14-21(29-31)18-11-6-5-10-17(18)2/h5-8,10-13,31H,3-4,9,14-16H2,1-2H3,(H2,26,27). The number of aromatic nitrogens is 3. The van der Waals surface area contributed by atoms with E-state index in [9.17, 15) is 5.21 Å². The van der Waals surface area contributed by atoms with E-state index in [0.717, 1.165) is 71.1 Å². The van der Waals surface area contributed by atoms with Crippen molar-refractivity contribution in [1.82, 2.24) is 14.5 Å². The molecule has 0 aliphatic carbocycles. The molecular weight excluding hydrogens is 386 g/mol. The highest BCUT2D eigenvalue weighted by molar-refractivity contribution is 6.06. The predicted molar refractivity (Wildman–Crippen MR) is 127 cm³/mol. The molecule has 0 saturated carbocycles. The molecule has 6 nitrogen and oxygen atoms in total. The minimum atomic E-state index is 0.475. The number of nitrogens with two attached hydrogens (primary N) is 1. The Hall–Kier alpha value is -3.41. The third-order valence-electron chi connectivity index (χ3n) is 5.82. The summed E-state index contributed by atoms with van der Waals surface area (Å²) < 4.78 is 2.29. The summed E-state index contributed by atoms with van der Waals surface area (Å²) in [6.45, 7) is 4.99. The van der Waals surface area contributed by atoms with Gasteiger partial charge >= 0.3 is 0 Å². The van der Waals surface area contributed by atoms with E-state index < -0.39 is 0 Å². The molecule has 0 aliphatic rings. The number of aryl methyl sites for hydroxylation is 3. The van der Waals surface area contributed by atoms with Gasteiger partial charge in [-0.1, -0.05) is 61.0 Å². The molecule has 2 aromatic carbocycles. The minimum Gasteiger partial charge on any atom is -0.411 e. The van der Waals surface area contributed by atoms with Crippen molar-refractivity contribution >= 4 is 33.5 Å². The molecule has 0 bridgehead atoms. The fraction of sp³-hybridized carbons (Fsp3) is 0.320. The van der Waals surface area contributed by atoms with Crippen molar-refractivity contribution in [2.24, 2.45) is 5.16 Å². The Balaban J connectivity index is 1.69. The van der Waals surface area contributed by atoms with Crippen molar-refractivity contribution < 1.29 is 5.21 Å². The number of benzene rings is 2. The monoisotopic (exact) mass is 415 g/mol. The van der Waals surface area contributed by atoms with Crippen molar-refractivity contribution in [3.8, 4) is 0 Å². The van der Waals surface area contributed by atoms with Crippen LogP contribution >= 0.6 is 0 Å². The van der Waals surface area contributed by atoms with Gasteiger partial charge in [0.05, 0.1) is 16.7 Å². The Morgan fingerprint density at radius 3 is 2.61 bits per heavy atom. The molecule has 0 amide bonds. The van der Waals surface area contributed by atoms with Crippen LogP contribution in [0.4, 0.5) is 5.82 Å². The van der Waals surface area contributed by atoms with Crippen LogP contribution in [0.2, 0.25) is 0 Å². The maximum Gasteiger partial charge on any atom is 0.152 e. The molecule has 31 heavy (non-hydrogen) atoms. The molecule has 0 unspecified atom stereocenters. The molecule has 0 spiro atoms. The quantitative estimate of drug-likeness (QED) is 0.227. The van der Waals surface area contributed by atoms with Gasteiger partial charge in [-0.3, -0.25) is 0 Å². The Bertz CT molecular complexity index is 1240. The SMILES string of the molecule is CCCCc1nc2c(N)nc3ccccc3c2n1CCCC(=NO)c1ccccc1C. The van der Waals surface area contributed by atoms with Crippen molar-refractivity contribution in [3.63, 3.8) is 0 Å². The molecule has 6 heteroatoms. The van der Waals surface area contributed by atoms with Crippen molar-refractivity contribution in [2.75, 3.05) is 5.73 Å². The van der Waals surface area contributed by atoms with E-state index in [-0.39, 0.29) is 0 Å². The number of nitrogens with zero attached hydrogens (tertiary/aromatic N) is 4. The molecule has 0 aliphatic heterocycles. The van der Waals surface area contributed by atoms with Crippen LogP contribution in [0.25, 0.3) is 21.9 Å². The van der Waals surface area contributed by atoms with Crippen molar-refractivity contribution in [3.05, 3.63) is 65.5 Å². The summed E-state index contributed by atoms with van der Waals surface area (Å²) >= 11 is 0.